The normalized spacial score (nSPS) is 11.8. The van der Waals surface area contributed by atoms with E-state index in [4.69, 9.17) is 4.42 Å². The number of benzene rings is 9. The number of hydrogen-bond acceptors (Lipinski definition) is 2. The number of furan rings is 1. The fourth-order valence-corrected chi connectivity index (χ4v) is 7.51. The number of rotatable bonds is 4. The molecule has 10 aromatic rings. The van der Waals surface area contributed by atoms with E-state index in [0.29, 0.717) is 0 Å². The molecule has 9 aromatic carbocycles. The minimum absolute atomic E-state index is 0.910. The van der Waals surface area contributed by atoms with Gasteiger partial charge in [-0.2, -0.15) is 0 Å². The molecule has 1 aromatic heterocycles. The van der Waals surface area contributed by atoms with Gasteiger partial charge in [0.2, 0.25) is 0 Å². The van der Waals surface area contributed by atoms with Gasteiger partial charge in [-0.05, 0) is 109 Å². The Bertz CT molecular complexity index is 2820. The number of anilines is 3. The predicted octanol–water partition coefficient (Wildman–Crippen LogP) is 13.3. The Morgan fingerprint density at radius 2 is 0.854 bits per heavy atom. The Balaban J connectivity index is 1.10. The third-order valence-electron chi connectivity index (χ3n) is 9.80. The van der Waals surface area contributed by atoms with Crippen LogP contribution < -0.4 is 4.90 Å². The summed E-state index contributed by atoms with van der Waals surface area (Å²) in [5.74, 6) is 0. The van der Waals surface area contributed by atoms with Crippen molar-refractivity contribution in [2.45, 2.75) is 0 Å². The molecule has 0 aliphatic heterocycles. The highest BCUT2D eigenvalue weighted by Gasteiger charge is 2.16. The fourth-order valence-electron chi connectivity index (χ4n) is 7.51. The number of nitrogens with zero attached hydrogens (tertiary/aromatic N) is 1. The van der Waals surface area contributed by atoms with Gasteiger partial charge in [0, 0.05) is 27.8 Å². The highest BCUT2D eigenvalue weighted by Crippen LogP contribution is 2.41. The summed E-state index contributed by atoms with van der Waals surface area (Å²) >= 11 is 0. The van der Waals surface area contributed by atoms with Crippen molar-refractivity contribution >= 4 is 82.1 Å². The van der Waals surface area contributed by atoms with Crippen LogP contribution in [0.2, 0.25) is 0 Å². The van der Waals surface area contributed by atoms with Gasteiger partial charge in [-0.1, -0.05) is 121 Å². The molecule has 0 saturated carbocycles. The van der Waals surface area contributed by atoms with Crippen molar-refractivity contribution in [2.75, 3.05) is 4.90 Å². The number of fused-ring (bicyclic) bond motifs is 10. The van der Waals surface area contributed by atoms with Crippen molar-refractivity contribution < 1.29 is 4.42 Å². The molecule has 1 heterocycles. The molecule has 0 fully saturated rings. The lowest BCUT2D eigenvalue weighted by atomic mass is 9.93. The van der Waals surface area contributed by atoms with E-state index < -0.39 is 0 Å². The molecule has 0 aliphatic carbocycles. The lowest BCUT2D eigenvalue weighted by molar-refractivity contribution is 0.669. The van der Waals surface area contributed by atoms with Crippen molar-refractivity contribution in [3.05, 3.63) is 176 Å². The summed E-state index contributed by atoms with van der Waals surface area (Å²) in [4.78, 5) is 2.34. The lowest BCUT2D eigenvalue weighted by Gasteiger charge is -2.26. The molecule has 10 rings (SSSR count). The quantitative estimate of drug-likeness (QED) is 0.184. The van der Waals surface area contributed by atoms with Crippen molar-refractivity contribution in [1.82, 2.24) is 0 Å². The third kappa shape index (κ3) is 4.20. The first-order valence-electron chi connectivity index (χ1n) is 16.4. The largest absolute Gasteiger partial charge is 0.456 e. The highest BCUT2D eigenvalue weighted by molar-refractivity contribution is 6.27. The SMILES string of the molecule is c1ccc(N(c2ccc(-c3ccc4c(c3)oc3ccccc34)cc2)c2ccc3c(ccc4ccc5ccc6ccccc6c5c43)c2)cc1. The number of hydrogen-bond donors (Lipinski definition) is 0. The molecule has 224 valence electrons. The Kier molecular flexibility index (Phi) is 5.91. The Labute approximate surface area is 277 Å². The van der Waals surface area contributed by atoms with Crippen LogP contribution >= 0.6 is 0 Å². The van der Waals surface area contributed by atoms with Gasteiger partial charge in [0.15, 0.2) is 0 Å². The third-order valence-corrected chi connectivity index (χ3v) is 9.80. The van der Waals surface area contributed by atoms with E-state index in [-0.39, 0.29) is 0 Å². The maximum absolute atomic E-state index is 6.19. The molecule has 0 radical (unpaired) electrons. The molecule has 48 heavy (non-hydrogen) atoms. The smallest absolute Gasteiger partial charge is 0.136 e. The lowest BCUT2D eigenvalue weighted by Crippen LogP contribution is -2.09. The topological polar surface area (TPSA) is 16.4 Å². The van der Waals surface area contributed by atoms with E-state index in [0.717, 1.165) is 50.1 Å². The van der Waals surface area contributed by atoms with E-state index in [2.05, 4.69) is 169 Å². The van der Waals surface area contributed by atoms with Gasteiger partial charge in [0.1, 0.15) is 11.2 Å². The monoisotopic (exact) mass is 611 g/mol. The molecule has 0 aliphatic rings. The first-order chi connectivity index (χ1) is 23.8. The van der Waals surface area contributed by atoms with Gasteiger partial charge in [-0.25, -0.2) is 0 Å². The van der Waals surface area contributed by atoms with Crippen LogP contribution in [0.15, 0.2) is 180 Å². The van der Waals surface area contributed by atoms with Gasteiger partial charge >= 0.3 is 0 Å². The van der Waals surface area contributed by atoms with E-state index in [9.17, 15) is 0 Å². The van der Waals surface area contributed by atoms with Crippen LogP contribution in [0.25, 0.3) is 76.2 Å². The second-order valence-electron chi connectivity index (χ2n) is 12.5. The van der Waals surface area contributed by atoms with E-state index >= 15 is 0 Å². The van der Waals surface area contributed by atoms with Gasteiger partial charge in [-0.15, -0.1) is 0 Å². The zero-order valence-electron chi connectivity index (χ0n) is 26.1. The average Bonchev–Trinajstić information content (AvgIpc) is 3.53. The first-order valence-corrected chi connectivity index (χ1v) is 16.4. The fraction of sp³-hybridized carbons (Fsp3) is 0. The van der Waals surface area contributed by atoms with Gasteiger partial charge in [0.25, 0.3) is 0 Å². The highest BCUT2D eigenvalue weighted by atomic mass is 16.3. The van der Waals surface area contributed by atoms with Crippen LogP contribution in [0.4, 0.5) is 17.1 Å². The van der Waals surface area contributed by atoms with Crippen LogP contribution in [0.1, 0.15) is 0 Å². The van der Waals surface area contributed by atoms with Crippen molar-refractivity contribution in [3.8, 4) is 11.1 Å². The van der Waals surface area contributed by atoms with Gasteiger partial charge < -0.3 is 9.32 Å². The molecule has 0 bridgehead atoms. The summed E-state index contributed by atoms with van der Waals surface area (Å²) in [6.07, 6.45) is 0. The second kappa shape index (κ2) is 10.6. The van der Waals surface area contributed by atoms with Crippen molar-refractivity contribution in [1.29, 1.82) is 0 Å². The minimum Gasteiger partial charge on any atom is -0.456 e. The van der Waals surface area contributed by atoms with E-state index in [1.807, 2.05) is 12.1 Å². The molecule has 0 saturated heterocycles. The first kappa shape index (κ1) is 26.8. The maximum Gasteiger partial charge on any atom is 0.136 e. The standard InChI is InChI=1S/C46H29NO/c1-2-9-36(10-3-1)47(37-23-20-30(21-24-37)34-22-26-42-41-12-6-7-13-43(41)48-44(42)29-34)38-25-27-40-35(28-38)19-18-33-17-16-32-15-14-31-8-4-5-11-39(31)45(32)46(33)40/h1-29H. The average molecular weight is 612 g/mol. The molecule has 0 N–H and O–H groups in total. The molecule has 0 unspecified atom stereocenters. The molecule has 0 atom stereocenters. The Morgan fingerprint density at radius 3 is 1.65 bits per heavy atom. The maximum atomic E-state index is 6.19. The molecular weight excluding hydrogens is 583 g/mol. The molecule has 2 nitrogen and oxygen atoms in total. The summed E-state index contributed by atoms with van der Waals surface area (Å²) in [6, 6.07) is 63.3. The van der Waals surface area contributed by atoms with Gasteiger partial charge in [0.05, 0.1) is 0 Å². The predicted molar refractivity (Wildman–Crippen MR) is 204 cm³/mol. The molecule has 2 heteroatoms. The van der Waals surface area contributed by atoms with Crippen LogP contribution in [-0.4, -0.2) is 0 Å². The Hall–Kier alpha value is -6.38. The van der Waals surface area contributed by atoms with Crippen molar-refractivity contribution in [3.63, 3.8) is 0 Å². The summed E-state index contributed by atoms with van der Waals surface area (Å²) in [7, 11) is 0. The summed E-state index contributed by atoms with van der Waals surface area (Å²) in [5, 5.41) is 12.5. The zero-order valence-corrected chi connectivity index (χ0v) is 26.1. The summed E-state index contributed by atoms with van der Waals surface area (Å²) in [5.41, 5.74) is 7.46. The van der Waals surface area contributed by atoms with E-state index in [1.54, 1.807) is 0 Å². The second-order valence-corrected chi connectivity index (χ2v) is 12.5. The zero-order chi connectivity index (χ0) is 31.6. The Morgan fingerprint density at radius 1 is 0.312 bits per heavy atom. The van der Waals surface area contributed by atoms with Crippen molar-refractivity contribution in [2.24, 2.45) is 0 Å². The molecule has 0 spiro atoms. The van der Waals surface area contributed by atoms with Crippen LogP contribution in [-0.2, 0) is 0 Å². The van der Waals surface area contributed by atoms with Crippen LogP contribution in [0.3, 0.4) is 0 Å². The van der Waals surface area contributed by atoms with Crippen LogP contribution in [0.5, 0.6) is 0 Å². The van der Waals surface area contributed by atoms with Gasteiger partial charge in [-0.3, -0.25) is 0 Å². The number of para-hydroxylation sites is 2. The van der Waals surface area contributed by atoms with Crippen LogP contribution in [0, 0.1) is 0 Å². The van der Waals surface area contributed by atoms with E-state index in [1.165, 1.54) is 43.1 Å². The summed E-state index contributed by atoms with van der Waals surface area (Å²) in [6.45, 7) is 0. The summed E-state index contributed by atoms with van der Waals surface area (Å²) < 4.78 is 6.19. The molecular formula is C46H29NO. The minimum atomic E-state index is 0.910. The molecule has 0 amide bonds.